The fraction of sp³-hybridized carbons (Fsp3) is 0.731. The average Bonchev–Trinajstić information content (AvgIpc) is 2.71. The van der Waals surface area contributed by atoms with E-state index in [0.29, 0.717) is 12.1 Å². The minimum Gasteiger partial charge on any atom is -0.368 e. The van der Waals surface area contributed by atoms with Crippen LogP contribution in [0.25, 0.3) is 0 Å². The highest BCUT2D eigenvalue weighted by molar-refractivity contribution is 7.94. The molecule has 1 rings (SSSR count). The van der Waals surface area contributed by atoms with E-state index in [4.69, 9.17) is 5.73 Å². The van der Waals surface area contributed by atoms with Gasteiger partial charge in [-0.3, -0.25) is 9.52 Å². The van der Waals surface area contributed by atoms with Gasteiger partial charge < -0.3 is 5.73 Å². The van der Waals surface area contributed by atoms with E-state index in [0.717, 1.165) is 30.4 Å². The van der Waals surface area contributed by atoms with Crippen LogP contribution in [0.2, 0.25) is 0 Å². The normalized spacial score (nSPS) is 13.0. The van der Waals surface area contributed by atoms with E-state index in [-0.39, 0.29) is 18.3 Å². The first-order chi connectivity index (χ1) is 15.1. The number of nitrogens with two attached hydrogens (primary N) is 1. The molecule has 0 saturated carbocycles. The maximum absolute atomic E-state index is 13.2. The lowest BCUT2D eigenvalue weighted by molar-refractivity contribution is -0.117. The van der Waals surface area contributed by atoms with Crippen molar-refractivity contribution in [2.24, 2.45) is 5.73 Å². The van der Waals surface area contributed by atoms with Gasteiger partial charge in [0.15, 0.2) is 5.25 Å². The zero-order chi connectivity index (χ0) is 24.1. The van der Waals surface area contributed by atoms with Crippen LogP contribution in [-0.2, 0) is 14.8 Å². The molecule has 0 saturated heterocycles. The Morgan fingerprint density at radius 2 is 1.28 bits per heavy atom. The van der Waals surface area contributed by atoms with Gasteiger partial charge in [-0.1, -0.05) is 117 Å². The van der Waals surface area contributed by atoms with Crippen molar-refractivity contribution in [1.82, 2.24) is 0 Å². The molecule has 0 radical (unpaired) electrons. The molecule has 32 heavy (non-hydrogen) atoms. The fourth-order valence-corrected chi connectivity index (χ4v) is 5.60. The maximum atomic E-state index is 13.2. The summed E-state index contributed by atoms with van der Waals surface area (Å²) in [7, 11) is -3.92. The number of primary amides is 1. The number of nitrogens with one attached hydrogen (secondary N) is 1. The predicted octanol–water partition coefficient (Wildman–Crippen LogP) is 6.84. The van der Waals surface area contributed by atoms with Gasteiger partial charge in [-0.2, -0.15) is 0 Å². The van der Waals surface area contributed by atoms with Gasteiger partial charge in [0.1, 0.15) is 0 Å². The lowest BCUT2D eigenvalue weighted by Gasteiger charge is -2.23. The summed E-state index contributed by atoms with van der Waals surface area (Å²) in [5.41, 5.74) is 8.00. The zero-order valence-electron chi connectivity index (χ0n) is 21.0. The monoisotopic (exact) mass is 466 g/mol. The van der Waals surface area contributed by atoms with Crippen molar-refractivity contribution in [1.29, 1.82) is 0 Å². The number of sulfonamides is 1. The molecule has 5 nitrogen and oxygen atoms in total. The zero-order valence-corrected chi connectivity index (χ0v) is 21.8. The summed E-state index contributed by atoms with van der Waals surface area (Å²) in [5, 5.41) is -1.21. The van der Waals surface area contributed by atoms with Crippen molar-refractivity contribution in [2.45, 2.75) is 122 Å². The number of hydrogen-bond donors (Lipinski definition) is 2. The summed E-state index contributed by atoms with van der Waals surface area (Å²) in [6.45, 7) is 10.4. The van der Waals surface area contributed by atoms with Crippen molar-refractivity contribution in [2.75, 3.05) is 4.72 Å². The van der Waals surface area contributed by atoms with Crippen LogP contribution < -0.4 is 10.5 Å². The van der Waals surface area contributed by atoms with E-state index in [2.05, 4.69) is 11.6 Å². The van der Waals surface area contributed by atoms with Crippen LogP contribution in [0.5, 0.6) is 0 Å². The highest BCUT2D eigenvalue weighted by Gasteiger charge is 2.32. The Morgan fingerprint density at radius 1 is 0.844 bits per heavy atom. The molecular formula is C26H46N2O3S. The molecule has 1 atom stereocenters. The topological polar surface area (TPSA) is 89.3 Å². The number of rotatable bonds is 17. The van der Waals surface area contributed by atoms with Gasteiger partial charge in [0, 0.05) is 0 Å². The smallest absolute Gasteiger partial charge is 0.244 e. The molecule has 184 valence electrons. The van der Waals surface area contributed by atoms with E-state index in [1.54, 1.807) is 0 Å². The van der Waals surface area contributed by atoms with Crippen LogP contribution in [-0.4, -0.2) is 19.6 Å². The largest absolute Gasteiger partial charge is 0.368 e. The van der Waals surface area contributed by atoms with E-state index in [1.807, 2.05) is 45.9 Å². The molecular weight excluding hydrogens is 420 g/mol. The summed E-state index contributed by atoms with van der Waals surface area (Å²) >= 11 is 0. The van der Waals surface area contributed by atoms with Gasteiger partial charge in [0.05, 0.1) is 5.69 Å². The van der Waals surface area contributed by atoms with Crippen LogP contribution in [0.15, 0.2) is 18.2 Å². The third kappa shape index (κ3) is 9.51. The summed E-state index contributed by atoms with van der Waals surface area (Å²) in [4.78, 5) is 12.1. The van der Waals surface area contributed by atoms with Gasteiger partial charge >= 0.3 is 0 Å². The molecule has 0 aliphatic rings. The Kier molecular flexibility index (Phi) is 13.0. The number of carbonyl (C=O) groups excluding carboxylic acids is 1. The van der Waals surface area contributed by atoms with E-state index in [9.17, 15) is 13.2 Å². The third-order valence-electron chi connectivity index (χ3n) is 6.13. The molecule has 3 N–H and O–H groups in total. The summed E-state index contributed by atoms with van der Waals surface area (Å²) in [6.07, 6.45) is 11.8. The van der Waals surface area contributed by atoms with E-state index in [1.165, 1.54) is 38.5 Å². The quantitative estimate of drug-likeness (QED) is 0.246. The summed E-state index contributed by atoms with van der Waals surface area (Å²) in [6, 6.07) is 5.84. The van der Waals surface area contributed by atoms with Gasteiger partial charge in [0.2, 0.25) is 15.9 Å². The lowest BCUT2D eigenvalue weighted by Crippen LogP contribution is -2.39. The first-order valence-corrected chi connectivity index (χ1v) is 14.1. The number of anilines is 1. The number of para-hydroxylation sites is 1. The number of amides is 1. The second-order valence-electron chi connectivity index (χ2n) is 9.63. The molecule has 1 amide bonds. The van der Waals surface area contributed by atoms with Crippen molar-refractivity contribution in [3.8, 4) is 0 Å². The van der Waals surface area contributed by atoms with Gasteiger partial charge in [0.25, 0.3) is 0 Å². The van der Waals surface area contributed by atoms with Crippen molar-refractivity contribution in [3.05, 3.63) is 29.3 Å². The molecule has 0 fully saturated rings. The first-order valence-electron chi connectivity index (χ1n) is 12.6. The molecule has 1 unspecified atom stereocenters. The van der Waals surface area contributed by atoms with E-state index >= 15 is 0 Å². The predicted molar refractivity (Wildman–Crippen MR) is 137 cm³/mol. The molecule has 6 heteroatoms. The Hall–Kier alpha value is -1.56. The van der Waals surface area contributed by atoms with Crippen LogP contribution in [0.4, 0.5) is 5.69 Å². The molecule has 1 aromatic rings. The van der Waals surface area contributed by atoms with E-state index < -0.39 is 21.2 Å². The first kappa shape index (κ1) is 28.5. The Bertz CT molecular complexity index is 762. The lowest BCUT2D eigenvalue weighted by atomic mass is 9.93. The Labute approximate surface area is 197 Å². The highest BCUT2D eigenvalue weighted by Crippen LogP contribution is 2.33. The van der Waals surface area contributed by atoms with Crippen molar-refractivity contribution < 1.29 is 13.2 Å². The number of carbonyl (C=O) groups is 1. The van der Waals surface area contributed by atoms with Crippen molar-refractivity contribution in [3.63, 3.8) is 0 Å². The second-order valence-corrected chi connectivity index (χ2v) is 11.5. The SMILES string of the molecule is CCCCCCCCCCCCC(C(N)=O)S(=O)(=O)Nc1c(C(C)C)cccc1C(C)C. The molecule has 0 spiro atoms. The highest BCUT2D eigenvalue weighted by atomic mass is 32.2. The average molecular weight is 467 g/mol. The van der Waals surface area contributed by atoms with Crippen molar-refractivity contribution >= 4 is 21.6 Å². The summed E-state index contributed by atoms with van der Waals surface area (Å²) in [5.74, 6) is -0.470. The van der Waals surface area contributed by atoms with Crippen LogP contribution in [0, 0.1) is 0 Å². The maximum Gasteiger partial charge on any atom is 0.244 e. The number of unbranched alkanes of at least 4 members (excludes halogenated alkanes) is 9. The van der Waals surface area contributed by atoms with Crippen LogP contribution >= 0.6 is 0 Å². The molecule has 0 aromatic heterocycles. The van der Waals surface area contributed by atoms with Crippen LogP contribution in [0.3, 0.4) is 0 Å². The molecule has 0 heterocycles. The second kappa shape index (κ2) is 14.6. The standard InChI is InChI=1S/C26H46N2O3S/c1-6-7-8-9-10-11-12-13-14-15-19-24(26(27)29)32(30,31)28-25-22(20(2)3)17-16-18-23(25)21(4)5/h16-18,20-21,24,28H,6-15,19H2,1-5H3,(H2,27,29). The molecule has 0 aliphatic carbocycles. The Morgan fingerprint density at radius 3 is 1.69 bits per heavy atom. The van der Waals surface area contributed by atoms with Gasteiger partial charge in [-0.05, 0) is 29.4 Å². The minimum absolute atomic E-state index is 0.153. The molecule has 0 aliphatic heterocycles. The summed E-state index contributed by atoms with van der Waals surface area (Å²) < 4.78 is 29.1. The van der Waals surface area contributed by atoms with Gasteiger partial charge in [-0.25, -0.2) is 8.42 Å². The Balaban J connectivity index is 2.71. The van der Waals surface area contributed by atoms with Gasteiger partial charge in [-0.15, -0.1) is 0 Å². The third-order valence-corrected chi connectivity index (χ3v) is 7.83. The minimum atomic E-state index is -3.92. The number of benzene rings is 1. The van der Waals surface area contributed by atoms with Crippen LogP contribution in [0.1, 0.15) is 128 Å². The molecule has 1 aromatic carbocycles. The number of hydrogen-bond acceptors (Lipinski definition) is 3. The fourth-order valence-electron chi connectivity index (χ4n) is 4.15. The molecule has 0 bridgehead atoms.